The number of quaternary nitrogens is 1. The summed E-state index contributed by atoms with van der Waals surface area (Å²) in [4.78, 5) is 0. The third kappa shape index (κ3) is 3.56. The molecule has 0 saturated carbocycles. The highest BCUT2D eigenvalue weighted by molar-refractivity contribution is 5.85. The van der Waals surface area contributed by atoms with E-state index < -0.39 is 0 Å². The molecule has 6 heteroatoms. The first kappa shape index (κ1) is 16.2. The van der Waals surface area contributed by atoms with Gasteiger partial charge in [-0.15, -0.1) is 22.6 Å². The van der Waals surface area contributed by atoms with Gasteiger partial charge in [0.2, 0.25) is 0 Å². The van der Waals surface area contributed by atoms with Crippen molar-refractivity contribution < 1.29 is 18.1 Å². The maximum Gasteiger partial charge on any atom is 0.195 e. The van der Waals surface area contributed by atoms with Crippen molar-refractivity contribution in [1.82, 2.24) is 14.6 Å². The van der Waals surface area contributed by atoms with Gasteiger partial charge in [0.1, 0.15) is 6.04 Å². The predicted octanol–water partition coefficient (Wildman–Crippen LogP) is -1.52. The van der Waals surface area contributed by atoms with Gasteiger partial charge in [0.05, 0.1) is 0 Å². The molecular weight excluding hydrogens is 259 g/mol. The maximum atomic E-state index is 4.20. The molecule has 4 nitrogen and oxygen atoms in total. The van der Waals surface area contributed by atoms with Gasteiger partial charge in [-0.2, -0.15) is 0 Å². The van der Waals surface area contributed by atoms with Crippen molar-refractivity contribution in [2.45, 2.75) is 26.3 Å². The molecule has 3 N–H and O–H groups in total. The average Bonchev–Trinajstić information content (AvgIpc) is 2.59. The van der Waals surface area contributed by atoms with Crippen molar-refractivity contribution in [1.29, 1.82) is 0 Å². The molecule has 0 amide bonds. The lowest BCUT2D eigenvalue weighted by atomic mass is 10.0. The van der Waals surface area contributed by atoms with Crippen LogP contribution in [0, 0.1) is 5.92 Å². The van der Waals surface area contributed by atoms with Gasteiger partial charge >= 0.3 is 0 Å². The quantitative estimate of drug-likeness (QED) is 0.741. The van der Waals surface area contributed by atoms with Gasteiger partial charge in [-0.05, 0) is 18.1 Å². The molecule has 1 atom stereocenters. The maximum absolute atomic E-state index is 4.20. The standard InChI is InChI=1S/C11H16N4.2ClH/c1-8(2)7-9(12)11-14-13-10-5-3-4-6-15(10)11;;/h3-6,8-9H,7,12H2,1-2H3;2*1H. The Hall–Kier alpha value is -0.840. The normalized spacial score (nSPS) is 12.0. The third-order valence-electron chi connectivity index (χ3n) is 2.46. The van der Waals surface area contributed by atoms with Crippen molar-refractivity contribution in [2.24, 2.45) is 5.92 Å². The van der Waals surface area contributed by atoms with Crippen LogP contribution >= 0.6 is 12.4 Å². The molecule has 0 spiro atoms. The minimum Gasteiger partial charge on any atom is -1.00 e. The van der Waals surface area contributed by atoms with Crippen LogP contribution < -0.4 is 18.1 Å². The molecule has 2 aromatic heterocycles. The molecule has 0 aromatic carbocycles. The van der Waals surface area contributed by atoms with Gasteiger partial charge in [-0.3, -0.25) is 4.40 Å². The summed E-state index contributed by atoms with van der Waals surface area (Å²) in [6, 6.07) is 6.12. The zero-order valence-corrected chi connectivity index (χ0v) is 11.6. The van der Waals surface area contributed by atoms with Crippen LogP contribution in [0.1, 0.15) is 32.1 Å². The number of aromatic nitrogens is 3. The second kappa shape index (κ2) is 6.79. The monoisotopic (exact) mass is 276 g/mol. The Labute approximate surface area is 113 Å². The molecule has 0 saturated heterocycles. The van der Waals surface area contributed by atoms with Gasteiger partial charge in [0.15, 0.2) is 11.5 Å². The van der Waals surface area contributed by atoms with E-state index in [0.717, 1.165) is 17.9 Å². The van der Waals surface area contributed by atoms with Crippen LogP contribution in [-0.2, 0) is 0 Å². The lowest BCUT2D eigenvalue weighted by Crippen LogP contribution is -3.00. The summed E-state index contributed by atoms with van der Waals surface area (Å²) in [6.45, 7) is 4.39. The predicted molar refractivity (Wildman–Crippen MR) is 65.3 cm³/mol. The number of pyridine rings is 1. The third-order valence-corrected chi connectivity index (χ3v) is 2.46. The molecule has 0 bridgehead atoms. The lowest BCUT2D eigenvalue weighted by Gasteiger charge is -2.08. The van der Waals surface area contributed by atoms with Crippen LogP contribution in [0.2, 0.25) is 0 Å². The molecule has 2 heterocycles. The zero-order chi connectivity index (χ0) is 10.8. The summed E-state index contributed by atoms with van der Waals surface area (Å²) in [6.07, 6.45) is 3.03. The van der Waals surface area contributed by atoms with E-state index in [9.17, 15) is 0 Å². The largest absolute Gasteiger partial charge is 1.00 e. The van der Waals surface area contributed by atoms with Crippen molar-refractivity contribution in [3.8, 4) is 0 Å². The Morgan fingerprint density at radius 1 is 1.29 bits per heavy atom. The van der Waals surface area contributed by atoms with Crippen LogP contribution in [0.25, 0.3) is 5.65 Å². The number of hydrogen-bond donors (Lipinski definition) is 1. The van der Waals surface area contributed by atoms with Crippen LogP contribution in [0.3, 0.4) is 0 Å². The van der Waals surface area contributed by atoms with Crippen molar-refractivity contribution in [2.75, 3.05) is 0 Å². The van der Waals surface area contributed by atoms with Crippen LogP contribution in [-0.4, -0.2) is 14.6 Å². The lowest BCUT2D eigenvalue weighted by molar-refractivity contribution is -0.432. The highest BCUT2D eigenvalue weighted by Crippen LogP contribution is 2.15. The number of nitrogens with zero attached hydrogens (tertiary/aromatic N) is 3. The van der Waals surface area contributed by atoms with Gasteiger partial charge in [-0.25, -0.2) is 0 Å². The SMILES string of the molecule is CC(C)CC([NH3+])c1nnc2ccccn12.Cl.[Cl-]. The van der Waals surface area contributed by atoms with E-state index in [1.54, 1.807) is 0 Å². The molecule has 1 unspecified atom stereocenters. The molecule has 96 valence electrons. The summed E-state index contributed by atoms with van der Waals surface area (Å²) < 4.78 is 2.01. The van der Waals surface area contributed by atoms with Gasteiger partial charge < -0.3 is 18.1 Å². The number of fused-ring (bicyclic) bond motifs is 1. The van der Waals surface area contributed by atoms with E-state index in [4.69, 9.17) is 0 Å². The van der Waals surface area contributed by atoms with E-state index in [1.165, 1.54) is 0 Å². The number of rotatable bonds is 3. The fourth-order valence-corrected chi connectivity index (χ4v) is 1.81. The second-order valence-electron chi connectivity index (χ2n) is 4.31. The van der Waals surface area contributed by atoms with Crippen molar-refractivity contribution in [3.05, 3.63) is 30.2 Å². The zero-order valence-electron chi connectivity index (χ0n) is 10.0. The van der Waals surface area contributed by atoms with Crippen LogP contribution in [0.15, 0.2) is 24.4 Å². The number of hydrogen-bond acceptors (Lipinski definition) is 2. The fraction of sp³-hybridized carbons (Fsp3) is 0.455. The van der Waals surface area contributed by atoms with E-state index in [0.29, 0.717) is 5.92 Å². The fourth-order valence-electron chi connectivity index (χ4n) is 1.81. The van der Waals surface area contributed by atoms with E-state index >= 15 is 0 Å². The first-order valence-electron chi connectivity index (χ1n) is 5.31. The van der Waals surface area contributed by atoms with E-state index in [-0.39, 0.29) is 30.9 Å². The molecular formula is C11H18Cl2N4. The number of halogens is 2. The Morgan fingerprint density at radius 2 is 2.00 bits per heavy atom. The molecule has 0 aliphatic carbocycles. The first-order valence-corrected chi connectivity index (χ1v) is 5.31. The second-order valence-corrected chi connectivity index (χ2v) is 4.31. The van der Waals surface area contributed by atoms with Crippen molar-refractivity contribution >= 4 is 18.1 Å². The van der Waals surface area contributed by atoms with Gasteiger partial charge in [-0.1, -0.05) is 19.9 Å². The van der Waals surface area contributed by atoms with Crippen LogP contribution in [0.4, 0.5) is 0 Å². The first-order chi connectivity index (χ1) is 7.18. The Balaban J connectivity index is 0.00000128. The Kier molecular flexibility index (Phi) is 6.45. The average molecular weight is 277 g/mol. The van der Waals surface area contributed by atoms with Crippen molar-refractivity contribution in [3.63, 3.8) is 0 Å². The van der Waals surface area contributed by atoms with Gasteiger partial charge in [0, 0.05) is 12.6 Å². The summed E-state index contributed by atoms with van der Waals surface area (Å²) in [5.41, 5.74) is 5.04. The van der Waals surface area contributed by atoms with E-state index in [1.807, 2.05) is 28.8 Å². The molecule has 17 heavy (non-hydrogen) atoms. The summed E-state index contributed by atoms with van der Waals surface area (Å²) in [7, 11) is 0. The summed E-state index contributed by atoms with van der Waals surface area (Å²) >= 11 is 0. The summed E-state index contributed by atoms with van der Waals surface area (Å²) in [5, 5.41) is 8.32. The molecule has 0 aliphatic rings. The molecule has 0 radical (unpaired) electrons. The van der Waals surface area contributed by atoms with E-state index in [2.05, 4.69) is 29.8 Å². The van der Waals surface area contributed by atoms with Crippen LogP contribution in [0.5, 0.6) is 0 Å². The minimum absolute atomic E-state index is 0. The van der Waals surface area contributed by atoms with Gasteiger partial charge in [0.25, 0.3) is 0 Å². The molecule has 2 aromatic rings. The Bertz CT molecular complexity index is 455. The topological polar surface area (TPSA) is 57.8 Å². The Morgan fingerprint density at radius 3 is 2.65 bits per heavy atom. The highest BCUT2D eigenvalue weighted by atomic mass is 35.5. The minimum atomic E-state index is 0. The summed E-state index contributed by atoms with van der Waals surface area (Å²) in [5.74, 6) is 1.59. The highest BCUT2D eigenvalue weighted by Gasteiger charge is 2.17. The smallest absolute Gasteiger partial charge is 0.195 e. The molecule has 2 rings (SSSR count). The molecule has 0 fully saturated rings. The molecule has 0 aliphatic heterocycles.